The SMILES string of the molecule is Cc1nc(C(C)C)ncc1C(=O)N1CCN([C@H]2CN3CCC2CC3)CC1. The minimum absolute atomic E-state index is 0.0892. The standard InChI is InChI=1S/C20H31N5O/c1-14(2)19-21-12-17(15(3)22-19)20(26)25-10-8-24(9-11-25)18-13-23-6-4-16(18)5-7-23/h12,14,16,18H,4-11,13H2,1-3H3/t18-/m0/s1. The summed E-state index contributed by atoms with van der Waals surface area (Å²) in [5.41, 5.74) is 1.46. The molecule has 0 aromatic carbocycles. The van der Waals surface area contributed by atoms with Gasteiger partial charge in [-0.2, -0.15) is 0 Å². The Morgan fingerprint density at radius 2 is 1.81 bits per heavy atom. The summed E-state index contributed by atoms with van der Waals surface area (Å²) < 4.78 is 0. The molecule has 0 radical (unpaired) electrons. The van der Waals surface area contributed by atoms with Crippen molar-refractivity contribution >= 4 is 5.91 Å². The number of nitrogens with zero attached hydrogens (tertiary/aromatic N) is 5. The molecule has 4 aliphatic rings. The highest BCUT2D eigenvalue weighted by Gasteiger charge is 2.38. The maximum absolute atomic E-state index is 12.9. The van der Waals surface area contributed by atoms with Crippen molar-refractivity contribution in [3.63, 3.8) is 0 Å². The minimum atomic E-state index is 0.0892. The Bertz CT molecular complexity index is 660. The number of aromatic nitrogens is 2. The Morgan fingerprint density at radius 3 is 2.35 bits per heavy atom. The van der Waals surface area contributed by atoms with Crippen LogP contribution in [0, 0.1) is 12.8 Å². The van der Waals surface area contributed by atoms with E-state index in [0.717, 1.165) is 43.6 Å². The predicted octanol–water partition coefficient (Wildman–Crippen LogP) is 1.76. The van der Waals surface area contributed by atoms with Crippen LogP contribution in [0.3, 0.4) is 0 Å². The van der Waals surface area contributed by atoms with Gasteiger partial charge in [0, 0.05) is 50.9 Å². The summed E-state index contributed by atoms with van der Waals surface area (Å²) in [6.45, 7) is 13.5. The van der Waals surface area contributed by atoms with Gasteiger partial charge >= 0.3 is 0 Å². The molecule has 26 heavy (non-hydrogen) atoms. The first-order valence-corrected chi connectivity index (χ1v) is 10.1. The molecule has 4 saturated heterocycles. The van der Waals surface area contributed by atoms with Crippen LogP contribution in [0.25, 0.3) is 0 Å². The van der Waals surface area contributed by atoms with E-state index in [1.54, 1.807) is 6.20 Å². The molecule has 4 fully saturated rings. The molecule has 1 amide bonds. The number of hydrogen-bond acceptors (Lipinski definition) is 5. The van der Waals surface area contributed by atoms with Crippen molar-refractivity contribution in [3.8, 4) is 0 Å². The molecule has 5 heterocycles. The summed E-state index contributed by atoms with van der Waals surface area (Å²) in [7, 11) is 0. The summed E-state index contributed by atoms with van der Waals surface area (Å²) in [5.74, 6) is 2.04. The number of aryl methyl sites for hydroxylation is 1. The van der Waals surface area contributed by atoms with E-state index in [4.69, 9.17) is 0 Å². The van der Waals surface area contributed by atoms with Gasteiger partial charge in [0.25, 0.3) is 5.91 Å². The van der Waals surface area contributed by atoms with Gasteiger partial charge in [-0.25, -0.2) is 9.97 Å². The van der Waals surface area contributed by atoms with Crippen LogP contribution >= 0.6 is 0 Å². The second kappa shape index (κ2) is 7.24. The van der Waals surface area contributed by atoms with E-state index in [0.29, 0.717) is 11.6 Å². The first kappa shape index (κ1) is 17.9. The van der Waals surface area contributed by atoms with Crippen molar-refractivity contribution in [1.82, 2.24) is 24.7 Å². The number of piperazine rings is 1. The highest BCUT2D eigenvalue weighted by Crippen LogP contribution is 2.31. The number of hydrogen-bond donors (Lipinski definition) is 0. The summed E-state index contributed by atoms with van der Waals surface area (Å²) >= 11 is 0. The first-order valence-electron chi connectivity index (χ1n) is 10.1. The van der Waals surface area contributed by atoms with Crippen LogP contribution in [0.1, 0.15) is 54.5 Å². The number of piperidine rings is 3. The summed E-state index contributed by atoms with van der Waals surface area (Å²) in [5, 5.41) is 0. The normalized spacial score (nSPS) is 29.4. The average molecular weight is 358 g/mol. The Balaban J connectivity index is 1.38. The van der Waals surface area contributed by atoms with Crippen LogP contribution in [0.2, 0.25) is 0 Å². The zero-order chi connectivity index (χ0) is 18.3. The Labute approximate surface area is 156 Å². The second-order valence-corrected chi connectivity index (χ2v) is 8.42. The Kier molecular flexibility index (Phi) is 4.97. The van der Waals surface area contributed by atoms with Crippen LogP contribution in [0.15, 0.2) is 6.20 Å². The predicted molar refractivity (Wildman–Crippen MR) is 101 cm³/mol. The molecule has 6 nitrogen and oxygen atoms in total. The van der Waals surface area contributed by atoms with Crippen molar-refractivity contribution in [1.29, 1.82) is 0 Å². The van der Waals surface area contributed by atoms with E-state index in [2.05, 4.69) is 33.6 Å². The molecule has 1 atom stereocenters. The second-order valence-electron chi connectivity index (χ2n) is 8.42. The van der Waals surface area contributed by atoms with Gasteiger partial charge in [-0.15, -0.1) is 0 Å². The number of amides is 1. The van der Waals surface area contributed by atoms with Gasteiger partial charge in [0.15, 0.2) is 0 Å². The molecule has 6 heteroatoms. The van der Waals surface area contributed by atoms with Crippen LogP contribution in [-0.2, 0) is 0 Å². The van der Waals surface area contributed by atoms with E-state index >= 15 is 0 Å². The van der Waals surface area contributed by atoms with Crippen LogP contribution in [0.4, 0.5) is 0 Å². The Morgan fingerprint density at radius 1 is 1.12 bits per heavy atom. The van der Waals surface area contributed by atoms with Gasteiger partial charge in [-0.1, -0.05) is 13.8 Å². The third-order valence-electron chi connectivity index (χ3n) is 6.44. The fourth-order valence-electron chi connectivity index (χ4n) is 4.75. The van der Waals surface area contributed by atoms with Crippen molar-refractivity contribution in [3.05, 3.63) is 23.3 Å². The van der Waals surface area contributed by atoms with E-state index in [-0.39, 0.29) is 11.8 Å². The van der Waals surface area contributed by atoms with E-state index in [1.165, 1.54) is 32.5 Å². The van der Waals surface area contributed by atoms with E-state index in [9.17, 15) is 4.79 Å². The van der Waals surface area contributed by atoms with Gasteiger partial charge in [0.05, 0.1) is 11.3 Å². The third-order valence-corrected chi connectivity index (χ3v) is 6.44. The molecule has 1 aromatic heterocycles. The van der Waals surface area contributed by atoms with Crippen molar-refractivity contribution < 1.29 is 4.79 Å². The lowest BCUT2D eigenvalue weighted by Gasteiger charge is -2.51. The molecule has 0 unspecified atom stereocenters. The number of carbonyl (C=O) groups excluding carboxylic acids is 1. The zero-order valence-corrected chi connectivity index (χ0v) is 16.3. The van der Waals surface area contributed by atoms with Gasteiger partial charge in [-0.05, 0) is 38.8 Å². The van der Waals surface area contributed by atoms with Crippen molar-refractivity contribution in [2.24, 2.45) is 5.92 Å². The topological polar surface area (TPSA) is 52.6 Å². The van der Waals surface area contributed by atoms with Gasteiger partial charge in [-0.3, -0.25) is 9.69 Å². The van der Waals surface area contributed by atoms with Gasteiger partial charge in [0.2, 0.25) is 0 Å². The quantitative estimate of drug-likeness (QED) is 0.825. The maximum atomic E-state index is 12.9. The monoisotopic (exact) mass is 357 g/mol. The minimum Gasteiger partial charge on any atom is -0.336 e. The third kappa shape index (κ3) is 3.37. The largest absolute Gasteiger partial charge is 0.336 e. The molecule has 0 aliphatic carbocycles. The Hall–Kier alpha value is -1.53. The van der Waals surface area contributed by atoms with Gasteiger partial charge in [0.1, 0.15) is 5.82 Å². The van der Waals surface area contributed by atoms with Crippen molar-refractivity contribution in [2.45, 2.75) is 45.6 Å². The first-order chi connectivity index (χ1) is 12.5. The van der Waals surface area contributed by atoms with Crippen LogP contribution in [-0.4, -0.2) is 82.4 Å². The molecule has 4 aliphatic heterocycles. The molecular formula is C20H31N5O. The van der Waals surface area contributed by atoms with Gasteiger partial charge < -0.3 is 9.80 Å². The smallest absolute Gasteiger partial charge is 0.257 e. The molecule has 142 valence electrons. The number of fused-ring (bicyclic) bond motifs is 3. The maximum Gasteiger partial charge on any atom is 0.257 e. The summed E-state index contributed by atoms with van der Waals surface area (Å²) in [6, 6.07) is 0.699. The lowest BCUT2D eigenvalue weighted by atomic mass is 9.83. The fraction of sp³-hybridized carbons (Fsp3) is 0.750. The van der Waals surface area contributed by atoms with Crippen molar-refractivity contribution in [2.75, 3.05) is 45.8 Å². The molecule has 1 aromatic rings. The molecular weight excluding hydrogens is 326 g/mol. The zero-order valence-electron chi connectivity index (χ0n) is 16.3. The van der Waals surface area contributed by atoms with E-state index < -0.39 is 0 Å². The summed E-state index contributed by atoms with van der Waals surface area (Å²) in [6.07, 6.45) is 4.42. The fourth-order valence-corrected chi connectivity index (χ4v) is 4.75. The molecule has 2 bridgehead atoms. The molecule has 5 rings (SSSR count). The van der Waals surface area contributed by atoms with E-state index in [1.807, 2.05) is 11.8 Å². The summed E-state index contributed by atoms with van der Waals surface area (Å²) in [4.78, 5) is 29.1. The van der Waals surface area contributed by atoms with Crippen LogP contribution < -0.4 is 0 Å². The van der Waals surface area contributed by atoms with Crippen LogP contribution in [0.5, 0.6) is 0 Å². The molecule has 0 spiro atoms. The molecule has 0 saturated carbocycles. The lowest BCUT2D eigenvalue weighted by molar-refractivity contribution is -0.0131. The average Bonchev–Trinajstić information content (AvgIpc) is 2.68. The molecule has 0 N–H and O–H groups in total. The highest BCUT2D eigenvalue weighted by molar-refractivity contribution is 5.95. The highest BCUT2D eigenvalue weighted by atomic mass is 16.2. The number of rotatable bonds is 3. The lowest BCUT2D eigenvalue weighted by Crippen LogP contribution is -2.61. The number of carbonyl (C=O) groups is 1.